The van der Waals surface area contributed by atoms with Crippen LogP contribution >= 0.6 is 11.6 Å². The van der Waals surface area contributed by atoms with E-state index >= 15 is 0 Å². The number of rotatable bonds is 4. The van der Waals surface area contributed by atoms with E-state index in [0.29, 0.717) is 0 Å². The molecule has 1 fully saturated rings. The Kier molecular flexibility index (Phi) is 4.45. The molecule has 0 amide bonds. The Morgan fingerprint density at radius 2 is 2.00 bits per heavy atom. The number of nitrogens with zero attached hydrogens (tertiary/aromatic N) is 4. The minimum Gasteiger partial charge on any atom is -0.310 e. The Morgan fingerprint density at radius 3 is 2.71 bits per heavy atom. The van der Waals surface area contributed by atoms with Gasteiger partial charge in [-0.25, -0.2) is 9.97 Å². The maximum atomic E-state index is 6.33. The minimum atomic E-state index is -0.0973. The first kappa shape index (κ1) is 14.8. The van der Waals surface area contributed by atoms with E-state index in [0.717, 1.165) is 35.6 Å². The maximum absolute atomic E-state index is 6.33. The summed E-state index contributed by atoms with van der Waals surface area (Å²) in [6.07, 6.45) is 5.87. The third-order valence-corrected chi connectivity index (χ3v) is 4.50. The lowest BCUT2D eigenvalue weighted by molar-refractivity contribution is 0.221. The zero-order valence-corrected chi connectivity index (χ0v) is 13.6. The summed E-state index contributed by atoms with van der Waals surface area (Å²) in [7, 11) is 0. The first-order valence-corrected chi connectivity index (χ1v) is 8.28. The fourth-order valence-electron chi connectivity index (χ4n) is 3.10. The smallest absolute Gasteiger partial charge is 0.160 e. The fraction of sp³-hybridized carbons (Fsp3) is 0.625. The largest absolute Gasteiger partial charge is 0.310 e. The summed E-state index contributed by atoms with van der Waals surface area (Å²) in [5, 5.41) is -0.0973. The molecule has 1 atom stereocenters. The lowest BCUT2D eigenvalue weighted by Crippen LogP contribution is -2.32. The number of aryl methyl sites for hydroxylation is 1. The number of likely N-dealkylation sites (tertiary alicyclic amines) is 1. The third-order valence-electron chi connectivity index (χ3n) is 4.31. The fourth-order valence-corrected chi connectivity index (χ4v) is 3.27. The maximum Gasteiger partial charge on any atom is 0.160 e. The molecule has 1 aliphatic rings. The van der Waals surface area contributed by atoms with Crippen molar-refractivity contribution in [3.63, 3.8) is 0 Å². The van der Waals surface area contributed by atoms with Gasteiger partial charge in [0, 0.05) is 19.3 Å². The van der Waals surface area contributed by atoms with Gasteiger partial charge in [-0.2, -0.15) is 0 Å². The molecule has 0 radical (unpaired) electrons. The first-order chi connectivity index (χ1) is 10.2. The number of fused-ring (bicyclic) bond motifs is 1. The van der Waals surface area contributed by atoms with Crippen molar-refractivity contribution in [2.75, 3.05) is 19.6 Å². The number of hydrogen-bond acceptors (Lipinski definition) is 3. The van der Waals surface area contributed by atoms with Crippen molar-refractivity contribution in [1.82, 2.24) is 19.4 Å². The summed E-state index contributed by atoms with van der Waals surface area (Å²) in [4.78, 5) is 11.8. The van der Waals surface area contributed by atoms with Crippen LogP contribution in [0.5, 0.6) is 0 Å². The lowest BCUT2D eigenvalue weighted by Gasteiger charge is -2.26. The number of aromatic nitrogens is 3. The molecule has 1 aliphatic heterocycles. The number of halogens is 1. The van der Waals surface area contributed by atoms with E-state index in [1.165, 1.54) is 32.4 Å². The van der Waals surface area contributed by atoms with Gasteiger partial charge in [0.1, 0.15) is 11.3 Å². The van der Waals surface area contributed by atoms with E-state index in [1.54, 1.807) is 0 Å². The number of alkyl halides is 1. The zero-order valence-electron chi connectivity index (χ0n) is 12.8. The van der Waals surface area contributed by atoms with Crippen molar-refractivity contribution in [3.05, 3.63) is 23.7 Å². The summed E-state index contributed by atoms with van der Waals surface area (Å²) in [6, 6.07) is 2.01. The van der Waals surface area contributed by atoms with Crippen LogP contribution < -0.4 is 0 Å². The van der Waals surface area contributed by atoms with Gasteiger partial charge in [0.2, 0.25) is 0 Å². The van der Waals surface area contributed by atoms with Crippen molar-refractivity contribution >= 4 is 22.8 Å². The van der Waals surface area contributed by atoms with E-state index in [-0.39, 0.29) is 5.38 Å². The number of pyridine rings is 1. The summed E-state index contributed by atoms with van der Waals surface area (Å²) < 4.78 is 2.20. The van der Waals surface area contributed by atoms with Crippen molar-refractivity contribution in [1.29, 1.82) is 0 Å². The second kappa shape index (κ2) is 6.32. The molecule has 3 rings (SSSR count). The molecule has 0 bridgehead atoms. The molecule has 0 N–H and O–H groups in total. The highest BCUT2D eigenvalue weighted by Crippen LogP contribution is 2.25. The molecular weight excluding hydrogens is 284 g/mol. The summed E-state index contributed by atoms with van der Waals surface area (Å²) in [5.41, 5.74) is 3.11. The third kappa shape index (κ3) is 3.06. The van der Waals surface area contributed by atoms with Crippen LogP contribution in [-0.2, 0) is 6.54 Å². The van der Waals surface area contributed by atoms with Gasteiger partial charge < -0.3 is 9.47 Å². The van der Waals surface area contributed by atoms with Gasteiger partial charge in [-0.3, -0.25) is 0 Å². The molecule has 0 spiro atoms. The molecule has 3 heterocycles. The first-order valence-electron chi connectivity index (χ1n) is 7.85. The van der Waals surface area contributed by atoms with Crippen molar-refractivity contribution in [2.24, 2.45) is 0 Å². The highest BCUT2D eigenvalue weighted by molar-refractivity contribution is 6.20. The predicted molar refractivity (Wildman–Crippen MR) is 86.8 cm³/mol. The molecule has 0 aromatic carbocycles. The summed E-state index contributed by atoms with van der Waals surface area (Å²) in [5.74, 6) is 0.936. The summed E-state index contributed by atoms with van der Waals surface area (Å²) in [6.45, 7) is 8.46. The highest BCUT2D eigenvalue weighted by atomic mass is 35.5. The van der Waals surface area contributed by atoms with Crippen molar-refractivity contribution in [2.45, 2.75) is 45.0 Å². The van der Waals surface area contributed by atoms with E-state index in [9.17, 15) is 0 Å². The summed E-state index contributed by atoms with van der Waals surface area (Å²) >= 11 is 6.33. The predicted octanol–water partition coefficient (Wildman–Crippen LogP) is 3.53. The second-order valence-corrected chi connectivity index (χ2v) is 6.59. The molecule has 0 aliphatic carbocycles. The van der Waals surface area contributed by atoms with Gasteiger partial charge >= 0.3 is 0 Å². The molecule has 1 saturated heterocycles. The van der Waals surface area contributed by atoms with Gasteiger partial charge in [-0.15, -0.1) is 11.6 Å². The molecule has 114 valence electrons. The Balaban J connectivity index is 1.88. The lowest BCUT2D eigenvalue weighted by atomic mass is 10.1. The van der Waals surface area contributed by atoms with Gasteiger partial charge in [-0.1, -0.05) is 6.42 Å². The standard InChI is InChI=1S/C16H23ClN4/c1-12-6-7-18-16-14(12)19-15(13(2)17)21(16)11-10-20-8-4-3-5-9-20/h6-7,13H,3-5,8-11H2,1-2H3. The minimum absolute atomic E-state index is 0.0973. The van der Waals surface area contributed by atoms with Crippen molar-refractivity contribution < 1.29 is 0 Å². The van der Waals surface area contributed by atoms with Gasteiger partial charge in [-0.05, 0) is 51.4 Å². The average molecular weight is 307 g/mol. The van der Waals surface area contributed by atoms with Crippen LogP contribution in [0.2, 0.25) is 0 Å². The highest BCUT2D eigenvalue weighted by Gasteiger charge is 2.18. The monoisotopic (exact) mass is 306 g/mol. The Labute approximate surface area is 131 Å². The van der Waals surface area contributed by atoms with Gasteiger partial charge in [0.25, 0.3) is 0 Å². The van der Waals surface area contributed by atoms with Crippen LogP contribution in [-0.4, -0.2) is 39.1 Å². The SMILES string of the molecule is Cc1ccnc2c1nc(C(C)Cl)n2CCN1CCCCC1. The molecule has 1 unspecified atom stereocenters. The van der Waals surface area contributed by atoms with E-state index in [1.807, 2.05) is 19.2 Å². The molecule has 21 heavy (non-hydrogen) atoms. The van der Waals surface area contributed by atoms with Crippen LogP contribution in [0, 0.1) is 6.92 Å². The topological polar surface area (TPSA) is 34.0 Å². The van der Waals surface area contributed by atoms with Crippen LogP contribution in [0.3, 0.4) is 0 Å². The second-order valence-electron chi connectivity index (χ2n) is 5.94. The van der Waals surface area contributed by atoms with E-state index < -0.39 is 0 Å². The normalized spacial score (nSPS) is 18.2. The number of imidazole rings is 1. The number of piperidine rings is 1. The Morgan fingerprint density at radius 1 is 1.24 bits per heavy atom. The van der Waals surface area contributed by atoms with Crippen LogP contribution in [0.1, 0.15) is 43.0 Å². The van der Waals surface area contributed by atoms with Gasteiger partial charge in [0.05, 0.1) is 5.38 Å². The molecule has 2 aromatic heterocycles. The quantitative estimate of drug-likeness (QED) is 0.810. The zero-order chi connectivity index (χ0) is 14.8. The molecule has 5 heteroatoms. The molecule has 2 aromatic rings. The number of hydrogen-bond donors (Lipinski definition) is 0. The van der Waals surface area contributed by atoms with E-state index in [4.69, 9.17) is 16.6 Å². The average Bonchev–Trinajstić information content (AvgIpc) is 2.87. The van der Waals surface area contributed by atoms with Gasteiger partial charge in [0.15, 0.2) is 5.65 Å². The van der Waals surface area contributed by atoms with Crippen LogP contribution in [0.25, 0.3) is 11.2 Å². The molecular formula is C16H23ClN4. The van der Waals surface area contributed by atoms with E-state index in [2.05, 4.69) is 21.4 Å². The molecule has 4 nitrogen and oxygen atoms in total. The molecule has 0 saturated carbocycles. The van der Waals surface area contributed by atoms with Crippen LogP contribution in [0.15, 0.2) is 12.3 Å². The van der Waals surface area contributed by atoms with Crippen LogP contribution in [0.4, 0.5) is 0 Å². The van der Waals surface area contributed by atoms with Crippen molar-refractivity contribution in [3.8, 4) is 0 Å². The Hall–Kier alpha value is -1.13. The Bertz CT molecular complexity index is 614.